The summed E-state index contributed by atoms with van der Waals surface area (Å²) in [6, 6.07) is 9.68. The van der Waals surface area contributed by atoms with Gasteiger partial charge in [0, 0.05) is 19.7 Å². The van der Waals surface area contributed by atoms with Gasteiger partial charge in [-0.2, -0.15) is 10.2 Å². The van der Waals surface area contributed by atoms with Crippen molar-refractivity contribution in [1.82, 2.24) is 4.98 Å². The minimum atomic E-state index is 0.229. The normalized spacial score (nSPS) is 10.7. The molecule has 0 aliphatic heterocycles. The number of aromatic nitrogens is 1. The van der Waals surface area contributed by atoms with Gasteiger partial charge in [0.1, 0.15) is 11.8 Å². The Bertz CT molecular complexity index is 684. The molecule has 6 nitrogen and oxygen atoms in total. The molecule has 0 saturated carbocycles. The van der Waals surface area contributed by atoms with E-state index in [1.807, 2.05) is 43.3 Å². The van der Waals surface area contributed by atoms with Crippen molar-refractivity contribution in [3.8, 4) is 11.8 Å². The fraction of sp³-hybridized carbons (Fsp3) is 0.294. The molecule has 2 aromatic rings. The van der Waals surface area contributed by atoms with Crippen molar-refractivity contribution in [2.75, 3.05) is 32.2 Å². The van der Waals surface area contributed by atoms with Crippen LogP contribution in [0.5, 0.6) is 5.75 Å². The molecule has 0 saturated heterocycles. The summed E-state index contributed by atoms with van der Waals surface area (Å²) in [6.45, 7) is 3.65. The van der Waals surface area contributed by atoms with E-state index in [4.69, 9.17) is 19.2 Å². The van der Waals surface area contributed by atoms with Gasteiger partial charge in [-0.3, -0.25) is 0 Å². The van der Waals surface area contributed by atoms with E-state index in [9.17, 15) is 0 Å². The summed E-state index contributed by atoms with van der Waals surface area (Å²) in [4.78, 5) is 4.13. The highest BCUT2D eigenvalue weighted by Crippen LogP contribution is 2.19. The van der Waals surface area contributed by atoms with E-state index in [0.717, 1.165) is 11.3 Å². The van der Waals surface area contributed by atoms with Crippen molar-refractivity contribution in [2.45, 2.75) is 6.92 Å². The molecule has 0 aliphatic rings. The first-order valence-electron chi connectivity index (χ1n) is 7.31. The third-order valence-corrected chi connectivity index (χ3v) is 2.95. The maximum Gasteiger partial charge on any atom is 0.232 e. The van der Waals surface area contributed by atoms with Crippen LogP contribution < -0.4 is 10.1 Å². The lowest BCUT2D eigenvalue weighted by Crippen LogP contribution is -2.07. The van der Waals surface area contributed by atoms with Gasteiger partial charge in [-0.1, -0.05) is 12.1 Å². The van der Waals surface area contributed by atoms with Gasteiger partial charge in [0.15, 0.2) is 0 Å². The number of anilines is 1. The standard InChI is InChI=1S/C17H19N3O3/c1-3-22-14-7-4-13(5-8-14)6-9-16-20-15(12-18)17(23-16)19-10-11-21-2/h4-9,19H,3,10-11H2,1-2H3/b9-6+. The molecule has 0 fully saturated rings. The molecule has 1 N–H and O–H groups in total. The molecule has 0 aliphatic carbocycles. The van der Waals surface area contributed by atoms with Crippen LogP contribution in [0.3, 0.4) is 0 Å². The van der Waals surface area contributed by atoms with E-state index in [0.29, 0.717) is 31.5 Å². The second-order valence-electron chi connectivity index (χ2n) is 4.60. The summed E-state index contributed by atoms with van der Waals surface area (Å²) in [7, 11) is 1.61. The molecule has 0 bridgehead atoms. The van der Waals surface area contributed by atoms with Crippen molar-refractivity contribution in [3.05, 3.63) is 41.4 Å². The van der Waals surface area contributed by atoms with Crippen LogP contribution in [0.1, 0.15) is 24.1 Å². The van der Waals surface area contributed by atoms with Gasteiger partial charge in [-0.25, -0.2) is 0 Å². The van der Waals surface area contributed by atoms with E-state index in [-0.39, 0.29) is 5.69 Å². The Morgan fingerprint density at radius 1 is 1.30 bits per heavy atom. The molecule has 2 rings (SSSR count). The second-order valence-corrected chi connectivity index (χ2v) is 4.60. The molecule has 0 radical (unpaired) electrons. The van der Waals surface area contributed by atoms with Crippen molar-refractivity contribution >= 4 is 18.0 Å². The fourth-order valence-corrected chi connectivity index (χ4v) is 1.88. The molecular weight excluding hydrogens is 294 g/mol. The highest BCUT2D eigenvalue weighted by molar-refractivity contribution is 5.67. The molecule has 1 aromatic carbocycles. The Labute approximate surface area is 135 Å². The third kappa shape index (κ3) is 4.87. The monoisotopic (exact) mass is 313 g/mol. The van der Waals surface area contributed by atoms with Crippen LogP contribution in [0.4, 0.5) is 5.88 Å². The second kappa shape index (κ2) is 8.61. The number of hydrogen-bond donors (Lipinski definition) is 1. The lowest BCUT2D eigenvalue weighted by Gasteiger charge is -2.02. The van der Waals surface area contributed by atoms with E-state index < -0.39 is 0 Å². The summed E-state index contributed by atoms with van der Waals surface area (Å²) < 4.78 is 15.9. The molecule has 23 heavy (non-hydrogen) atoms. The van der Waals surface area contributed by atoms with Gasteiger partial charge in [0.25, 0.3) is 0 Å². The smallest absolute Gasteiger partial charge is 0.232 e. The summed E-state index contributed by atoms with van der Waals surface area (Å²) in [5, 5.41) is 12.1. The first kappa shape index (κ1) is 16.6. The van der Waals surface area contributed by atoms with E-state index in [1.54, 1.807) is 13.2 Å². The summed E-state index contributed by atoms with van der Waals surface area (Å²) in [5.41, 5.74) is 1.21. The molecule has 1 aromatic heterocycles. The van der Waals surface area contributed by atoms with Crippen LogP contribution in [0.2, 0.25) is 0 Å². The zero-order chi connectivity index (χ0) is 16.5. The molecular formula is C17H19N3O3. The van der Waals surface area contributed by atoms with Crippen LogP contribution in [0.25, 0.3) is 12.2 Å². The third-order valence-electron chi connectivity index (χ3n) is 2.95. The van der Waals surface area contributed by atoms with Gasteiger partial charge in [0.05, 0.1) is 13.2 Å². The van der Waals surface area contributed by atoms with Crippen LogP contribution in [-0.2, 0) is 4.74 Å². The van der Waals surface area contributed by atoms with Gasteiger partial charge in [-0.05, 0) is 30.7 Å². The minimum Gasteiger partial charge on any atom is -0.494 e. The van der Waals surface area contributed by atoms with Gasteiger partial charge in [-0.15, -0.1) is 0 Å². The van der Waals surface area contributed by atoms with Crippen LogP contribution in [0.15, 0.2) is 28.7 Å². The maximum atomic E-state index is 9.07. The number of nitrogens with zero attached hydrogens (tertiary/aromatic N) is 2. The Hall–Kier alpha value is -2.78. The van der Waals surface area contributed by atoms with Gasteiger partial charge >= 0.3 is 0 Å². The average molecular weight is 313 g/mol. The summed E-state index contributed by atoms with van der Waals surface area (Å²) in [5.74, 6) is 1.56. The number of hydrogen-bond acceptors (Lipinski definition) is 6. The summed E-state index contributed by atoms with van der Waals surface area (Å²) in [6.07, 6.45) is 3.58. The zero-order valence-corrected chi connectivity index (χ0v) is 13.2. The predicted molar refractivity (Wildman–Crippen MR) is 88.1 cm³/mol. The minimum absolute atomic E-state index is 0.229. The van der Waals surface area contributed by atoms with E-state index >= 15 is 0 Å². The highest BCUT2D eigenvalue weighted by Gasteiger charge is 2.10. The highest BCUT2D eigenvalue weighted by atomic mass is 16.5. The Morgan fingerprint density at radius 2 is 2.09 bits per heavy atom. The topological polar surface area (TPSA) is 80.3 Å². The maximum absolute atomic E-state index is 9.07. The van der Waals surface area contributed by atoms with Crippen LogP contribution in [0, 0.1) is 11.3 Å². The molecule has 120 valence electrons. The molecule has 6 heteroatoms. The van der Waals surface area contributed by atoms with Crippen LogP contribution in [-0.4, -0.2) is 31.9 Å². The molecule has 1 heterocycles. The van der Waals surface area contributed by atoms with Crippen LogP contribution >= 0.6 is 0 Å². The number of methoxy groups -OCH3 is 1. The van der Waals surface area contributed by atoms with E-state index in [2.05, 4.69) is 10.3 Å². The summed E-state index contributed by atoms with van der Waals surface area (Å²) >= 11 is 0. The lowest BCUT2D eigenvalue weighted by atomic mass is 10.2. The quantitative estimate of drug-likeness (QED) is 0.754. The van der Waals surface area contributed by atoms with Crippen molar-refractivity contribution in [1.29, 1.82) is 5.26 Å². The molecule has 0 amide bonds. The number of nitriles is 1. The number of ether oxygens (including phenoxy) is 2. The van der Waals surface area contributed by atoms with Crippen molar-refractivity contribution in [3.63, 3.8) is 0 Å². The largest absolute Gasteiger partial charge is 0.494 e. The van der Waals surface area contributed by atoms with Gasteiger partial charge < -0.3 is 19.2 Å². The Balaban J connectivity index is 2.05. The lowest BCUT2D eigenvalue weighted by molar-refractivity contribution is 0.210. The van der Waals surface area contributed by atoms with Crippen molar-refractivity contribution < 1.29 is 13.9 Å². The number of oxazole rings is 1. The number of nitrogens with one attached hydrogen (secondary N) is 1. The molecule has 0 atom stereocenters. The number of benzene rings is 1. The van der Waals surface area contributed by atoms with Crippen molar-refractivity contribution in [2.24, 2.45) is 0 Å². The molecule has 0 unspecified atom stereocenters. The predicted octanol–water partition coefficient (Wildman–Crippen LogP) is 3.17. The van der Waals surface area contributed by atoms with Gasteiger partial charge in [0.2, 0.25) is 17.5 Å². The Morgan fingerprint density at radius 3 is 2.74 bits per heavy atom. The first-order valence-corrected chi connectivity index (χ1v) is 7.31. The Kier molecular flexibility index (Phi) is 6.21. The first-order chi connectivity index (χ1) is 11.3. The zero-order valence-electron chi connectivity index (χ0n) is 13.2. The SMILES string of the molecule is CCOc1ccc(/C=C/c2nc(C#N)c(NCCOC)o2)cc1. The number of rotatable bonds is 8. The average Bonchev–Trinajstić information content (AvgIpc) is 2.97. The van der Waals surface area contributed by atoms with E-state index in [1.165, 1.54) is 0 Å². The fourth-order valence-electron chi connectivity index (χ4n) is 1.88. The molecule has 0 spiro atoms.